The smallest absolute Gasteiger partial charge is 0.336 e. The van der Waals surface area contributed by atoms with Crippen LogP contribution in [-0.4, -0.2) is 16.1 Å². The van der Waals surface area contributed by atoms with E-state index in [1.165, 1.54) is 0 Å². The van der Waals surface area contributed by atoms with Gasteiger partial charge in [-0.25, -0.2) is 4.79 Å². The minimum absolute atomic E-state index is 0.377. The number of aryl methyl sites for hydroxylation is 1. The first kappa shape index (κ1) is 12.0. The number of hydrogen-bond acceptors (Lipinski definition) is 2. The van der Waals surface area contributed by atoms with E-state index in [0.29, 0.717) is 22.9 Å². The van der Waals surface area contributed by atoms with Crippen LogP contribution in [-0.2, 0) is 6.42 Å². The molecule has 0 unspecified atom stereocenters. The van der Waals surface area contributed by atoms with E-state index in [-0.39, 0.29) is 0 Å². The Bertz CT molecular complexity index is 608. The number of carbonyl (C=O) groups is 1. The minimum Gasteiger partial charge on any atom is -0.478 e. The summed E-state index contributed by atoms with van der Waals surface area (Å²) < 4.78 is 0.900. The lowest BCUT2D eigenvalue weighted by Gasteiger charge is -2.11. The van der Waals surface area contributed by atoms with Gasteiger partial charge in [0.2, 0.25) is 0 Å². The van der Waals surface area contributed by atoms with Crippen LogP contribution >= 0.6 is 15.9 Å². The Morgan fingerprint density at radius 2 is 2.18 bits per heavy atom. The molecule has 88 valence electrons. The summed E-state index contributed by atoms with van der Waals surface area (Å²) in [5.41, 5.74) is 2.69. The van der Waals surface area contributed by atoms with Crippen LogP contribution in [0.4, 0.5) is 0 Å². The van der Waals surface area contributed by atoms with Gasteiger partial charge in [0, 0.05) is 15.6 Å². The molecule has 0 aliphatic rings. The van der Waals surface area contributed by atoms with Crippen molar-refractivity contribution in [2.75, 3.05) is 0 Å². The molecule has 0 aliphatic carbocycles. The molecule has 2 rings (SSSR count). The van der Waals surface area contributed by atoms with Gasteiger partial charge < -0.3 is 5.11 Å². The molecule has 0 saturated heterocycles. The second-order valence-electron chi connectivity index (χ2n) is 3.87. The normalized spacial score (nSPS) is 10.8. The van der Waals surface area contributed by atoms with Gasteiger partial charge in [-0.2, -0.15) is 0 Å². The molecule has 3 nitrogen and oxygen atoms in total. The highest BCUT2D eigenvalue weighted by Crippen LogP contribution is 2.26. The number of benzene rings is 1. The van der Waals surface area contributed by atoms with Gasteiger partial charge in [-0.3, -0.25) is 4.98 Å². The Balaban J connectivity index is 2.92. The van der Waals surface area contributed by atoms with Crippen LogP contribution in [0.15, 0.2) is 22.7 Å². The summed E-state index contributed by atoms with van der Waals surface area (Å²) in [7, 11) is 0. The molecule has 0 spiro atoms. The van der Waals surface area contributed by atoms with Crippen molar-refractivity contribution in [1.29, 1.82) is 0 Å². The fourth-order valence-corrected chi connectivity index (χ4v) is 2.43. The predicted molar refractivity (Wildman–Crippen MR) is 70.5 cm³/mol. The zero-order chi connectivity index (χ0) is 12.6. The molecule has 1 heterocycles. The number of halogens is 1. The van der Waals surface area contributed by atoms with Crippen LogP contribution in [0, 0.1) is 6.92 Å². The first-order valence-electron chi connectivity index (χ1n) is 5.36. The largest absolute Gasteiger partial charge is 0.478 e. The van der Waals surface area contributed by atoms with Crippen molar-refractivity contribution >= 4 is 32.8 Å². The molecule has 0 radical (unpaired) electrons. The van der Waals surface area contributed by atoms with E-state index >= 15 is 0 Å². The summed E-state index contributed by atoms with van der Waals surface area (Å²) in [6, 6.07) is 5.48. The maximum atomic E-state index is 11.4. The number of carboxylic acids is 1. The van der Waals surface area contributed by atoms with Crippen molar-refractivity contribution in [3.63, 3.8) is 0 Å². The minimum atomic E-state index is -0.889. The van der Waals surface area contributed by atoms with Crippen molar-refractivity contribution in [1.82, 2.24) is 4.98 Å². The third-order valence-electron chi connectivity index (χ3n) is 2.82. The highest BCUT2D eigenvalue weighted by Gasteiger charge is 2.16. The summed E-state index contributed by atoms with van der Waals surface area (Å²) in [6.45, 7) is 3.80. The Hall–Kier alpha value is -1.42. The van der Waals surface area contributed by atoms with Gasteiger partial charge in [-0.05, 0) is 31.0 Å². The maximum Gasteiger partial charge on any atom is 0.336 e. The topological polar surface area (TPSA) is 50.2 Å². The molecule has 4 heteroatoms. The average molecular weight is 294 g/mol. The Morgan fingerprint density at radius 1 is 1.47 bits per heavy atom. The Labute approximate surface area is 108 Å². The lowest BCUT2D eigenvalue weighted by molar-refractivity contribution is 0.0697. The average Bonchev–Trinajstić information content (AvgIpc) is 2.26. The molecular weight excluding hydrogens is 282 g/mol. The van der Waals surface area contributed by atoms with Crippen LogP contribution in [0.5, 0.6) is 0 Å². The number of hydrogen-bond donors (Lipinski definition) is 1. The maximum absolute atomic E-state index is 11.4. The van der Waals surface area contributed by atoms with Crippen LogP contribution in [0.25, 0.3) is 10.9 Å². The monoisotopic (exact) mass is 293 g/mol. The molecule has 1 aromatic heterocycles. The number of pyridine rings is 1. The SMILES string of the molecule is CCc1c(C)nc2cc(Br)ccc2c1C(=O)O. The van der Waals surface area contributed by atoms with Crippen molar-refractivity contribution in [2.24, 2.45) is 0 Å². The number of nitrogens with zero attached hydrogens (tertiary/aromatic N) is 1. The third-order valence-corrected chi connectivity index (χ3v) is 3.32. The van der Waals surface area contributed by atoms with Gasteiger partial charge in [-0.15, -0.1) is 0 Å². The van der Waals surface area contributed by atoms with Crippen LogP contribution in [0.3, 0.4) is 0 Å². The molecule has 1 aromatic carbocycles. The fraction of sp³-hybridized carbons (Fsp3) is 0.231. The second kappa shape index (κ2) is 4.45. The number of aromatic carboxylic acids is 1. The molecule has 0 aliphatic heterocycles. The number of rotatable bonds is 2. The van der Waals surface area contributed by atoms with Crippen LogP contribution in [0.1, 0.15) is 28.5 Å². The molecule has 0 atom stereocenters. The third kappa shape index (κ3) is 2.05. The van der Waals surface area contributed by atoms with Gasteiger partial charge in [0.15, 0.2) is 0 Å². The van der Waals surface area contributed by atoms with E-state index in [0.717, 1.165) is 15.7 Å². The van der Waals surface area contributed by atoms with Crippen LogP contribution < -0.4 is 0 Å². The van der Waals surface area contributed by atoms with E-state index in [9.17, 15) is 9.90 Å². The molecule has 0 saturated carbocycles. The zero-order valence-corrected chi connectivity index (χ0v) is 11.2. The summed E-state index contributed by atoms with van der Waals surface area (Å²) in [6.07, 6.45) is 0.673. The molecular formula is C13H12BrNO2. The number of fused-ring (bicyclic) bond motifs is 1. The summed E-state index contributed by atoms with van der Waals surface area (Å²) in [4.78, 5) is 15.8. The van der Waals surface area contributed by atoms with Crippen molar-refractivity contribution < 1.29 is 9.90 Å². The lowest BCUT2D eigenvalue weighted by Crippen LogP contribution is -2.07. The van der Waals surface area contributed by atoms with Crippen molar-refractivity contribution in [3.05, 3.63) is 39.5 Å². The second-order valence-corrected chi connectivity index (χ2v) is 4.79. The van der Waals surface area contributed by atoms with Gasteiger partial charge >= 0.3 is 5.97 Å². The van der Waals surface area contributed by atoms with Crippen molar-refractivity contribution in [2.45, 2.75) is 20.3 Å². The fourth-order valence-electron chi connectivity index (χ4n) is 2.08. The number of aromatic nitrogens is 1. The highest BCUT2D eigenvalue weighted by atomic mass is 79.9. The molecule has 2 aromatic rings. The number of carboxylic acid groups (broad SMARTS) is 1. The predicted octanol–water partition coefficient (Wildman–Crippen LogP) is 3.57. The standard InChI is InChI=1S/C13H12BrNO2/c1-3-9-7(2)15-11-6-8(14)4-5-10(11)12(9)13(16)17/h4-6H,3H2,1-2H3,(H,16,17). The first-order valence-corrected chi connectivity index (χ1v) is 6.16. The van der Waals surface area contributed by atoms with Crippen LogP contribution in [0.2, 0.25) is 0 Å². The summed E-state index contributed by atoms with van der Waals surface area (Å²) in [5.74, 6) is -0.889. The quantitative estimate of drug-likeness (QED) is 0.921. The van der Waals surface area contributed by atoms with E-state index in [2.05, 4.69) is 20.9 Å². The van der Waals surface area contributed by atoms with E-state index in [1.807, 2.05) is 26.0 Å². The van der Waals surface area contributed by atoms with E-state index in [4.69, 9.17) is 0 Å². The Morgan fingerprint density at radius 3 is 2.76 bits per heavy atom. The van der Waals surface area contributed by atoms with E-state index < -0.39 is 5.97 Å². The summed E-state index contributed by atoms with van der Waals surface area (Å²) >= 11 is 3.37. The highest BCUT2D eigenvalue weighted by molar-refractivity contribution is 9.10. The van der Waals surface area contributed by atoms with Gasteiger partial charge in [0.05, 0.1) is 11.1 Å². The summed E-state index contributed by atoms with van der Waals surface area (Å²) in [5, 5.41) is 10.0. The Kier molecular flexibility index (Phi) is 3.15. The lowest BCUT2D eigenvalue weighted by atomic mass is 9.99. The molecule has 1 N–H and O–H groups in total. The molecule has 17 heavy (non-hydrogen) atoms. The molecule has 0 fully saturated rings. The first-order chi connectivity index (χ1) is 8.04. The van der Waals surface area contributed by atoms with Gasteiger partial charge in [0.1, 0.15) is 0 Å². The van der Waals surface area contributed by atoms with Crippen molar-refractivity contribution in [3.8, 4) is 0 Å². The van der Waals surface area contributed by atoms with E-state index in [1.54, 1.807) is 6.07 Å². The zero-order valence-electron chi connectivity index (χ0n) is 9.62. The van der Waals surface area contributed by atoms with Gasteiger partial charge in [-0.1, -0.05) is 28.9 Å². The molecule has 0 amide bonds. The molecule has 0 bridgehead atoms. The van der Waals surface area contributed by atoms with Gasteiger partial charge in [0.25, 0.3) is 0 Å².